The average molecular weight is 436 g/mol. The number of ether oxygens (including phenoxy) is 1. The second-order valence-electron chi connectivity index (χ2n) is 9.11. The minimum Gasteiger partial charge on any atom is -0.378 e. The Morgan fingerprint density at radius 3 is 1.78 bits per heavy atom. The summed E-state index contributed by atoms with van der Waals surface area (Å²) in [6, 6.07) is 17.0. The molecule has 0 N–H and O–H groups in total. The highest BCUT2D eigenvalue weighted by Gasteiger charge is 2.18. The number of benzene rings is 2. The smallest absolute Gasteiger partial charge is 0.254 e. The molecule has 0 bridgehead atoms. The molecule has 1 fully saturated rings. The van der Waals surface area contributed by atoms with Crippen LogP contribution in [0.2, 0.25) is 0 Å². The number of hydrogen-bond acceptors (Lipinski definition) is 2. The highest BCUT2D eigenvalue weighted by atomic mass is 16.5. The summed E-state index contributed by atoms with van der Waals surface area (Å²) >= 11 is 0. The van der Waals surface area contributed by atoms with Gasteiger partial charge in [0.25, 0.3) is 5.91 Å². The van der Waals surface area contributed by atoms with Crippen LogP contribution in [0.3, 0.4) is 0 Å². The van der Waals surface area contributed by atoms with Crippen LogP contribution in [0.25, 0.3) is 11.1 Å². The maximum absolute atomic E-state index is 12.6. The maximum atomic E-state index is 12.6. The first-order valence-corrected chi connectivity index (χ1v) is 12.8. The van der Waals surface area contributed by atoms with E-state index in [1.807, 2.05) is 17.0 Å². The molecule has 1 aliphatic heterocycles. The predicted molar refractivity (Wildman–Crippen MR) is 134 cm³/mol. The van der Waals surface area contributed by atoms with Crippen LogP contribution in [-0.2, 0) is 11.2 Å². The lowest BCUT2D eigenvalue weighted by Crippen LogP contribution is -2.40. The van der Waals surface area contributed by atoms with Gasteiger partial charge in [0.1, 0.15) is 0 Å². The van der Waals surface area contributed by atoms with E-state index in [1.165, 1.54) is 81.8 Å². The summed E-state index contributed by atoms with van der Waals surface area (Å²) in [4.78, 5) is 14.5. The van der Waals surface area contributed by atoms with E-state index >= 15 is 0 Å². The molecule has 0 unspecified atom stereocenters. The number of rotatable bonds is 13. The fraction of sp³-hybridized carbons (Fsp3) is 0.552. The van der Waals surface area contributed by atoms with Gasteiger partial charge in [0.2, 0.25) is 0 Å². The summed E-state index contributed by atoms with van der Waals surface area (Å²) in [5.41, 5.74) is 4.55. The monoisotopic (exact) mass is 435 g/mol. The lowest BCUT2D eigenvalue weighted by molar-refractivity contribution is 0.0303. The van der Waals surface area contributed by atoms with Crippen LogP contribution in [0, 0.1) is 0 Å². The Morgan fingerprint density at radius 2 is 1.22 bits per heavy atom. The second-order valence-corrected chi connectivity index (χ2v) is 9.11. The molecule has 2 aromatic carbocycles. The summed E-state index contributed by atoms with van der Waals surface area (Å²) in [6.07, 6.45) is 15.0. The zero-order chi connectivity index (χ0) is 22.4. The molecule has 3 heteroatoms. The molecule has 174 valence electrons. The van der Waals surface area contributed by atoms with Gasteiger partial charge in [0, 0.05) is 18.7 Å². The van der Waals surface area contributed by atoms with Crippen molar-refractivity contribution in [1.82, 2.24) is 4.90 Å². The van der Waals surface area contributed by atoms with Crippen molar-refractivity contribution in [2.24, 2.45) is 0 Å². The quantitative estimate of drug-likeness (QED) is 0.309. The van der Waals surface area contributed by atoms with E-state index in [9.17, 15) is 4.79 Å². The fourth-order valence-electron chi connectivity index (χ4n) is 4.43. The largest absolute Gasteiger partial charge is 0.378 e. The van der Waals surface area contributed by atoms with E-state index in [-0.39, 0.29) is 5.91 Å². The second kappa shape index (κ2) is 14.1. The van der Waals surface area contributed by atoms with Crippen LogP contribution in [0.4, 0.5) is 0 Å². The topological polar surface area (TPSA) is 29.5 Å². The Morgan fingerprint density at radius 1 is 0.719 bits per heavy atom. The van der Waals surface area contributed by atoms with Crippen molar-refractivity contribution >= 4 is 5.91 Å². The van der Waals surface area contributed by atoms with Gasteiger partial charge in [-0.3, -0.25) is 4.79 Å². The van der Waals surface area contributed by atoms with Gasteiger partial charge in [0.15, 0.2) is 0 Å². The molecule has 1 aliphatic rings. The van der Waals surface area contributed by atoms with Crippen molar-refractivity contribution in [2.45, 2.75) is 77.6 Å². The molecule has 1 amide bonds. The number of aryl methyl sites for hydroxylation is 1. The van der Waals surface area contributed by atoms with Crippen LogP contribution >= 0.6 is 0 Å². The molecule has 3 nitrogen and oxygen atoms in total. The number of hydrogen-bond donors (Lipinski definition) is 0. The zero-order valence-electron chi connectivity index (χ0n) is 20.0. The molecule has 2 aromatic rings. The van der Waals surface area contributed by atoms with Crippen LogP contribution in [0.1, 0.15) is 87.1 Å². The van der Waals surface area contributed by atoms with Gasteiger partial charge < -0.3 is 9.64 Å². The lowest BCUT2D eigenvalue weighted by Gasteiger charge is -2.26. The number of carbonyl (C=O) groups excluding carboxylic acids is 1. The molecule has 0 radical (unpaired) electrons. The van der Waals surface area contributed by atoms with E-state index in [0.717, 1.165) is 11.1 Å². The summed E-state index contributed by atoms with van der Waals surface area (Å²) in [5.74, 6) is 0.103. The number of nitrogens with zero attached hydrogens (tertiary/aromatic N) is 1. The third kappa shape index (κ3) is 8.09. The number of carbonyl (C=O) groups is 1. The fourth-order valence-corrected chi connectivity index (χ4v) is 4.43. The van der Waals surface area contributed by atoms with E-state index < -0.39 is 0 Å². The van der Waals surface area contributed by atoms with Gasteiger partial charge in [-0.1, -0.05) is 101 Å². The third-order valence-electron chi connectivity index (χ3n) is 6.54. The van der Waals surface area contributed by atoms with Crippen LogP contribution in [0.15, 0.2) is 48.5 Å². The molecular weight excluding hydrogens is 394 g/mol. The lowest BCUT2D eigenvalue weighted by atomic mass is 9.99. The van der Waals surface area contributed by atoms with E-state index in [0.29, 0.717) is 26.3 Å². The number of amides is 1. The first-order chi connectivity index (χ1) is 15.8. The van der Waals surface area contributed by atoms with Gasteiger partial charge in [0.05, 0.1) is 13.2 Å². The van der Waals surface area contributed by atoms with Gasteiger partial charge in [-0.25, -0.2) is 0 Å². The Kier molecular flexibility index (Phi) is 10.8. The molecule has 0 spiro atoms. The highest BCUT2D eigenvalue weighted by Crippen LogP contribution is 2.22. The van der Waals surface area contributed by atoms with Crippen molar-refractivity contribution < 1.29 is 9.53 Å². The van der Waals surface area contributed by atoms with Gasteiger partial charge in [-0.2, -0.15) is 0 Å². The normalized spacial score (nSPS) is 14.0. The molecular formula is C29H41NO2. The van der Waals surface area contributed by atoms with Crippen LogP contribution in [0.5, 0.6) is 0 Å². The standard InChI is InChI=1S/C29H41NO2/c1-2-3-4-5-6-7-8-9-10-11-12-25-13-15-26(16-14-25)27-17-19-28(20-18-27)29(31)30-21-23-32-24-22-30/h13-20H,2-12,21-24H2,1H3. The van der Waals surface area contributed by atoms with Crippen molar-refractivity contribution in [3.63, 3.8) is 0 Å². The Labute approximate surface area is 195 Å². The zero-order valence-corrected chi connectivity index (χ0v) is 20.0. The minimum atomic E-state index is 0.103. The minimum absolute atomic E-state index is 0.103. The first kappa shape index (κ1) is 24.5. The number of morpholine rings is 1. The summed E-state index contributed by atoms with van der Waals surface area (Å²) < 4.78 is 5.34. The van der Waals surface area contributed by atoms with Gasteiger partial charge in [-0.05, 0) is 41.7 Å². The van der Waals surface area contributed by atoms with Crippen molar-refractivity contribution in [3.8, 4) is 11.1 Å². The molecule has 0 aromatic heterocycles. The number of unbranched alkanes of at least 4 members (excludes halogenated alkanes) is 9. The molecule has 1 saturated heterocycles. The van der Waals surface area contributed by atoms with E-state index in [2.05, 4.69) is 43.3 Å². The first-order valence-electron chi connectivity index (χ1n) is 12.8. The van der Waals surface area contributed by atoms with Crippen molar-refractivity contribution in [1.29, 1.82) is 0 Å². The Bertz CT molecular complexity index is 776. The highest BCUT2D eigenvalue weighted by molar-refractivity contribution is 5.94. The molecule has 0 saturated carbocycles. The summed E-state index contributed by atoms with van der Waals surface area (Å²) in [5, 5.41) is 0. The van der Waals surface area contributed by atoms with Gasteiger partial charge in [-0.15, -0.1) is 0 Å². The molecule has 0 aliphatic carbocycles. The maximum Gasteiger partial charge on any atom is 0.254 e. The molecule has 3 rings (SSSR count). The summed E-state index contributed by atoms with van der Waals surface area (Å²) in [7, 11) is 0. The third-order valence-corrected chi connectivity index (χ3v) is 6.54. The SMILES string of the molecule is CCCCCCCCCCCCc1ccc(-c2ccc(C(=O)N3CCOCC3)cc2)cc1. The van der Waals surface area contributed by atoms with Crippen molar-refractivity contribution in [3.05, 3.63) is 59.7 Å². The van der Waals surface area contributed by atoms with E-state index in [1.54, 1.807) is 0 Å². The van der Waals surface area contributed by atoms with Crippen LogP contribution < -0.4 is 0 Å². The van der Waals surface area contributed by atoms with E-state index in [4.69, 9.17) is 4.74 Å². The Balaban J connectivity index is 1.36. The molecule has 0 atom stereocenters. The molecule has 1 heterocycles. The average Bonchev–Trinajstić information content (AvgIpc) is 2.86. The summed E-state index contributed by atoms with van der Waals surface area (Å²) in [6.45, 7) is 4.91. The van der Waals surface area contributed by atoms with Gasteiger partial charge >= 0.3 is 0 Å². The molecule has 32 heavy (non-hydrogen) atoms. The van der Waals surface area contributed by atoms with Crippen LogP contribution in [-0.4, -0.2) is 37.1 Å². The predicted octanol–water partition coefficient (Wildman–Crippen LogP) is 7.29. The van der Waals surface area contributed by atoms with Crippen molar-refractivity contribution in [2.75, 3.05) is 26.3 Å². The Hall–Kier alpha value is -2.13.